The third-order valence-electron chi connectivity index (χ3n) is 3.47. The normalized spacial score (nSPS) is 16.3. The highest BCUT2D eigenvalue weighted by Gasteiger charge is 2.16. The number of nitrogens with one attached hydrogen (secondary N) is 1. The molecule has 1 saturated heterocycles. The molecule has 1 N–H and O–H groups in total. The summed E-state index contributed by atoms with van der Waals surface area (Å²) in [5.41, 5.74) is 0.386. The molecule has 7 heteroatoms. The minimum absolute atomic E-state index is 0.208. The van der Waals surface area contributed by atoms with Crippen molar-refractivity contribution in [3.8, 4) is 0 Å². The summed E-state index contributed by atoms with van der Waals surface area (Å²) in [4.78, 5) is 6.57. The standard InChI is InChI=1S/C14H16ClFN4O/c15-11-2-1-3-12(16)10(11)8-14-18-13(19-21-14)9-20-6-4-17-5-7-20/h1-3,17H,4-9H2. The molecule has 0 saturated carbocycles. The molecule has 1 aliphatic heterocycles. The fraction of sp³-hybridized carbons (Fsp3) is 0.429. The van der Waals surface area contributed by atoms with E-state index in [9.17, 15) is 4.39 Å². The lowest BCUT2D eigenvalue weighted by atomic mass is 10.1. The van der Waals surface area contributed by atoms with Crippen LogP contribution in [0.5, 0.6) is 0 Å². The average molecular weight is 311 g/mol. The fourth-order valence-electron chi connectivity index (χ4n) is 2.35. The Morgan fingerprint density at radius 1 is 1.33 bits per heavy atom. The molecule has 0 atom stereocenters. The molecule has 2 aromatic rings. The highest BCUT2D eigenvalue weighted by molar-refractivity contribution is 6.31. The lowest BCUT2D eigenvalue weighted by Crippen LogP contribution is -2.43. The van der Waals surface area contributed by atoms with Gasteiger partial charge in [-0.05, 0) is 12.1 Å². The van der Waals surface area contributed by atoms with Gasteiger partial charge in [-0.15, -0.1) is 0 Å². The molecule has 0 amide bonds. The van der Waals surface area contributed by atoms with Gasteiger partial charge in [-0.3, -0.25) is 4.90 Å². The van der Waals surface area contributed by atoms with Crippen molar-refractivity contribution >= 4 is 11.6 Å². The first-order valence-electron chi connectivity index (χ1n) is 6.90. The van der Waals surface area contributed by atoms with Crippen LogP contribution in [0.3, 0.4) is 0 Å². The van der Waals surface area contributed by atoms with Crippen LogP contribution in [-0.2, 0) is 13.0 Å². The number of nitrogens with zero attached hydrogens (tertiary/aromatic N) is 3. The van der Waals surface area contributed by atoms with E-state index in [4.69, 9.17) is 16.1 Å². The molecule has 2 heterocycles. The van der Waals surface area contributed by atoms with Crippen molar-refractivity contribution in [1.82, 2.24) is 20.4 Å². The maximum Gasteiger partial charge on any atom is 0.231 e. The van der Waals surface area contributed by atoms with Crippen molar-refractivity contribution in [2.24, 2.45) is 0 Å². The first-order chi connectivity index (χ1) is 10.2. The molecule has 112 valence electrons. The summed E-state index contributed by atoms with van der Waals surface area (Å²) in [6.45, 7) is 4.51. The number of aromatic nitrogens is 2. The van der Waals surface area contributed by atoms with Gasteiger partial charge in [0.15, 0.2) is 5.82 Å². The predicted octanol–water partition coefficient (Wildman–Crippen LogP) is 1.86. The molecular weight excluding hydrogens is 295 g/mol. The highest BCUT2D eigenvalue weighted by Crippen LogP contribution is 2.21. The van der Waals surface area contributed by atoms with E-state index in [1.165, 1.54) is 6.07 Å². The number of benzene rings is 1. The van der Waals surface area contributed by atoms with Gasteiger partial charge in [-0.2, -0.15) is 4.98 Å². The first kappa shape index (κ1) is 14.4. The van der Waals surface area contributed by atoms with Gasteiger partial charge in [0.05, 0.1) is 13.0 Å². The second kappa shape index (κ2) is 6.51. The van der Waals surface area contributed by atoms with Crippen LogP contribution in [0.1, 0.15) is 17.3 Å². The minimum Gasteiger partial charge on any atom is -0.339 e. The van der Waals surface area contributed by atoms with Crippen LogP contribution in [0.25, 0.3) is 0 Å². The SMILES string of the molecule is Fc1cccc(Cl)c1Cc1nc(CN2CCNCC2)no1. The number of rotatable bonds is 4. The van der Waals surface area contributed by atoms with E-state index < -0.39 is 0 Å². The second-order valence-corrected chi connectivity index (χ2v) is 5.41. The zero-order valence-electron chi connectivity index (χ0n) is 11.5. The molecule has 0 unspecified atom stereocenters. The molecule has 1 aliphatic rings. The molecule has 0 spiro atoms. The molecular formula is C14H16ClFN4O. The van der Waals surface area contributed by atoms with Crippen molar-refractivity contribution in [3.05, 3.63) is 46.3 Å². The largest absolute Gasteiger partial charge is 0.339 e. The molecule has 0 radical (unpaired) electrons. The summed E-state index contributed by atoms with van der Waals surface area (Å²) >= 11 is 6.00. The third-order valence-corrected chi connectivity index (χ3v) is 3.83. The van der Waals surface area contributed by atoms with Crippen LogP contribution in [0, 0.1) is 5.82 Å². The van der Waals surface area contributed by atoms with Gasteiger partial charge in [-0.1, -0.05) is 22.8 Å². The van der Waals surface area contributed by atoms with Gasteiger partial charge >= 0.3 is 0 Å². The molecule has 21 heavy (non-hydrogen) atoms. The molecule has 0 aliphatic carbocycles. The summed E-state index contributed by atoms with van der Waals surface area (Å²) in [5, 5.41) is 7.61. The number of hydrogen-bond acceptors (Lipinski definition) is 5. The topological polar surface area (TPSA) is 54.2 Å². The Labute approximate surface area is 127 Å². The zero-order chi connectivity index (χ0) is 14.7. The van der Waals surface area contributed by atoms with E-state index in [1.807, 2.05) is 0 Å². The van der Waals surface area contributed by atoms with Crippen LogP contribution in [0.2, 0.25) is 5.02 Å². The molecule has 1 aromatic carbocycles. The lowest BCUT2D eigenvalue weighted by molar-refractivity contribution is 0.224. The Balaban J connectivity index is 1.67. The van der Waals surface area contributed by atoms with Gasteiger partial charge in [0.1, 0.15) is 5.82 Å². The van der Waals surface area contributed by atoms with Gasteiger partial charge in [0, 0.05) is 36.8 Å². The van der Waals surface area contributed by atoms with E-state index in [-0.39, 0.29) is 12.2 Å². The minimum atomic E-state index is -0.357. The average Bonchev–Trinajstić information content (AvgIpc) is 2.91. The Morgan fingerprint density at radius 3 is 2.90 bits per heavy atom. The smallest absolute Gasteiger partial charge is 0.231 e. The molecule has 0 bridgehead atoms. The Bertz CT molecular complexity index is 593. The zero-order valence-corrected chi connectivity index (χ0v) is 12.2. The Hall–Kier alpha value is -1.50. The number of halogens is 2. The Kier molecular flexibility index (Phi) is 4.48. The van der Waals surface area contributed by atoms with Gasteiger partial charge in [0.2, 0.25) is 5.89 Å². The summed E-state index contributed by atoms with van der Waals surface area (Å²) < 4.78 is 18.9. The van der Waals surface area contributed by atoms with Gasteiger partial charge < -0.3 is 9.84 Å². The van der Waals surface area contributed by atoms with Crippen molar-refractivity contribution < 1.29 is 8.91 Å². The van der Waals surface area contributed by atoms with Crippen molar-refractivity contribution in [3.63, 3.8) is 0 Å². The fourth-order valence-corrected chi connectivity index (χ4v) is 2.58. The predicted molar refractivity (Wildman–Crippen MR) is 76.7 cm³/mol. The van der Waals surface area contributed by atoms with E-state index in [2.05, 4.69) is 20.4 Å². The quantitative estimate of drug-likeness (QED) is 0.934. The van der Waals surface area contributed by atoms with Crippen LogP contribution < -0.4 is 5.32 Å². The summed E-state index contributed by atoms with van der Waals surface area (Å²) in [5.74, 6) is 0.649. The molecule has 3 rings (SSSR count). The maximum atomic E-state index is 13.7. The summed E-state index contributed by atoms with van der Waals surface area (Å²) in [6, 6.07) is 4.60. The van der Waals surface area contributed by atoms with E-state index >= 15 is 0 Å². The molecule has 5 nitrogen and oxygen atoms in total. The summed E-state index contributed by atoms with van der Waals surface area (Å²) in [6.07, 6.45) is 0.208. The van der Waals surface area contributed by atoms with E-state index in [0.29, 0.717) is 28.8 Å². The third kappa shape index (κ3) is 3.58. The van der Waals surface area contributed by atoms with E-state index in [1.54, 1.807) is 12.1 Å². The van der Waals surface area contributed by atoms with Crippen molar-refractivity contribution in [2.45, 2.75) is 13.0 Å². The van der Waals surface area contributed by atoms with Crippen molar-refractivity contribution in [1.29, 1.82) is 0 Å². The van der Waals surface area contributed by atoms with Gasteiger partial charge in [-0.25, -0.2) is 4.39 Å². The van der Waals surface area contributed by atoms with Crippen LogP contribution in [-0.4, -0.2) is 41.2 Å². The summed E-state index contributed by atoms with van der Waals surface area (Å²) in [7, 11) is 0. The molecule has 1 aromatic heterocycles. The Morgan fingerprint density at radius 2 is 2.14 bits per heavy atom. The van der Waals surface area contributed by atoms with Gasteiger partial charge in [0.25, 0.3) is 0 Å². The molecule has 1 fully saturated rings. The second-order valence-electron chi connectivity index (χ2n) is 5.01. The first-order valence-corrected chi connectivity index (χ1v) is 7.27. The monoisotopic (exact) mass is 310 g/mol. The number of piperazine rings is 1. The van der Waals surface area contributed by atoms with Crippen LogP contribution >= 0.6 is 11.6 Å². The maximum absolute atomic E-state index is 13.7. The van der Waals surface area contributed by atoms with Crippen LogP contribution in [0.15, 0.2) is 22.7 Å². The number of hydrogen-bond donors (Lipinski definition) is 1. The lowest BCUT2D eigenvalue weighted by Gasteiger charge is -2.25. The van der Waals surface area contributed by atoms with Crippen LogP contribution in [0.4, 0.5) is 4.39 Å². The highest BCUT2D eigenvalue weighted by atomic mass is 35.5. The van der Waals surface area contributed by atoms with Crippen molar-refractivity contribution in [2.75, 3.05) is 26.2 Å². The van der Waals surface area contributed by atoms with E-state index in [0.717, 1.165) is 26.2 Å².